The van der Waals surface area contributed by atoms with E-state index in [9.17, 15) is 9.18 Å². The molecule has 0 atom stereocenters. The van der Waals surface area contributed by atoms with Gasteiger partial charge in [-0.05, 0) is 48.7 Å². The standard InChI is InChI=1S/C20H20FN3O/c1-13-5-8-23(2)19(13)20(25)24-9-6-14(7-10-24)17-12-22-18-11-15(21)3-4-16(17)18/h3-6,8,11-12,22H,7,9-10H2,1-2H3. The lowest BCUT2D eigenvalue weighted by molar-refractivity contribution is 0.0762. The van der Waals surface area contributed by atoms with E-state index in [-0.39, 0.29) is 11.7 Å². The summed E-state index contributed by atoms with van der Waals surface area (Å²) in [5, 5.41) is 1.02. The van der Waals surface area contributed by atoms with E-state index in [4.69, 9.17) is 0 Å². The molecule has 1 amide bonds. The first-order valence-corrected chi connectivity index (χ1v) is 8.42. The number of H-pyrrole nitrogens is 1. The van der Waals surface area contributed by atoms with Gasteiger partial charge >= 0.3 is 0 Å². The van der Waals surface area contributed by atoms with Gasteiger partial charge in [0.25, 0.3) is 5.91 Å². The lowest BCUT2D eigenvalue weighted by Gasteiger charge is -2.27. The minimum atomic E-state index is -0.242. The van der Waals surface area contributed by atoms with E-state index >= 15 is 0 Å². The van der Waals surface area contributed by atoms with Crippen LogP contribution >= 0.6 is 0 Å². The van der Waals surface area contributed by atoms with Gasteiger partial charge in [0.2, 0.25) is 0 Å². The fourth-order valence-corrected chi connectivity index (χ4v) is 3.59. The number of benzene rings is 1. The molecule has 1 N–H and O–H groups in total. The number of aromatic nitrogens is 2. The molecule has 1 aliphatic heterocycles. The summed E-state index contributed by atoms with van der Waals surface area (Å²) in [6.45, 7) is 3.24. The molecule has 2 aromatic heterocycles. The van der Waals surface area contributed by atoms with E-state index in [1.54, 1.807) is 0 Å². The Balaban J connectivity index is 1.59. The summed E-state index contributed by atoms with van der Waals surface area (Å²) in [5.74, 6) is -0.172. The molecule has 0 fully saturated rings. The van der Waals surface area contributed by atoms with Crippen molar-refractivity contribution in [1.29, 1.82) is 0 Å². The molecule has 128 valence electrons. The first-order valence-electron chi connectivity index (χ1n) is 8.42. The average molecular weight is 337 g/mol. The number of aryl methyl sites for hydroxylation is 2. The van der Waals surface area contributed by atoms with Crippen LogP contribution in [0, 0.1) is 12.7 Å². The van der Waals surface area contributed by atoms with Gasteiger partial charge < -0.3 is 14.5 Å². The van der Waals surface area contributed by atoms with Crippen molar-refractivity contribution in [3.63, 3.8) is 0 Å². The summed E-state index contributed by atoms with van der Waals surface area (Å²) in [5.41, 5.74) is 4.84. The summed E-state index contributed by atoms with van der Waals surface area (Å²) in [6, 6.07) is 6.76. The van der Waals surface area contributed by atoms with Crippen molar-refractivity contribution in [3.8, 4) is 0 Å². The van der Waals surface area contributed by atoms with Crippen molar-refractivity contribution in [2.45, 2.75) is 13.3 Å². The van der Waals surface area contributed by atoms with Gasteiger partial charge in [0.1, 0.15) is 11.5 Å². The summed E-state index contributed by atoms with van der Waals surface area (Å²) >= 11 is 0. The third kappa shape index (κ3) is 2.65. The van der Waals surface area contributed by atoms with Gasteiger partial charge in [0.15, 0.2) is 0 Å². The molecule has 0 aliphatic carbocycles. The number of nitrogens with zero attached hydrogens (tertiary/aromatic N) is 2. The number of halogens is 1. The molecule has 3 aromatic rings. The minimum absolute atomic E-state index is 0.0706. The zero-order valence-corrected chi connectivity index (χ0v) is 14.3. The molecule has 0 saturated carbocycles. The molecule has 3 heterocycles. The Labute approximate surface area is 145 Å². The van der Waals surface area contributed by atoms with Crippen molar-refractivity contribution >= 4 is 22.4 Å². The Hall–Kier alpha value is -2.82. The van der Waals surface area contributed by atoms with Crippen LogP contribution in [0.4, 0.5) is 4.39 Å². The van der Waals surface area contributed by atoms with Crippen LogP contribution in [0.1, 0.15) is 28.0 Å². The number of carbonyl (C=O) groups excluding carboxylic acids is 1. The van der Waals surface area contributed by atoms with Gasteiger partial charge in [-0.3, -0.25) is 4.79 Å². The third-order valence-corrected chi connectivity index (χ3v) is 4.96. The predicted molar refractivity (Wildman–Crippen MR) is 96.9 cm³/mol. The smallest absolute Gasteiger partial charge is 0.271 e. The first kappa shape index (κ1) is 15.7. The maximum Gasteiger partial charge on any atom is 0.271 e. The van der Waals surface area contributed by atoms with Gasteiger partial charge in [-0.1, -0.05) is 6.08 Å². The SMILES string of the molecule is Cc1ccn(C)c1C(=O)N1CC=C(c2c[nH]c3cc(F)ccc23)CC1. The number of amides is 1. The Morgan fingerprint density at radius 1 is 1.28 bits per heavy atom. The Bertz CT molecular complexity index is 976. The molecule has 4 rings (SSSR count). The number of rotatable bonds is 2. The van der Waals surface area contributed by atoms with Crippen molar-refractivity contribution in [1.82, 2.24) is 14.5 Å². The molecule has 0 saturated heterocycles. The van der Waals surface area contributed by atoms with Gasteiger partial charge in [0, 0.05) is 49.0 Å². The van der Waals surface area contributed by atoms with Crippen molar-refractivity contribution in [2.75, 3.05) is 13.1 Å². The number of nitrogens with one attached hydrogen (secondary N) is 1. The fraction of sp³-hybridized carbons (Fsp3) is 0.250. The van der Waals surface area contributed by atoms with E-state index < -0.39 is 0 Å². The third-order valence-electron chi connectivity index (χ3n) is 4.96. The second-order valence-corrected chi connectivity index (χ2v) is 6.58. The average Bonchev–Trinajstić information content (AvgIpc) is 3.17. The van der Waals surface area contributed by atoms with Crippen LogP contribution in [0.3, 0.4) is 0 Å². The van der Waals surface area contributed by atoms with E-state index in [1.165, 1.54) is 17.7 Å². The zero-order chi connectivity index (χ0) is 17.6. The lowest BCUT2D eigenvalue weighted by Crippen LogP contribution is -2.36. The Morgan fingerprint density at radius 2 is 2.12 bits per heavy atom. The topological polar surface area (TPSA) is 41.0 Å². The van der Waals surface area contributed by atoms with Gasteiger partial charge in [-0.2, -0.15) is 0 Å². The largest absolute Gasteiger partial charge is 0.360 e. The Morgan fingerprint density at radius 3 is 2.80 bits per heavy atom. The fourth-order valence-electron chi connectivity index (χ4n) is 3.59. The highest BCUT2D eigenvalue weighted by Crippen LogP contribution is 2.30. The zero-order valence-electron chi connectivity index (χ0n) is 14.3. The molecule has 0 spiro atoms. The number of carbonyl (C=O) groups is 1. The van der Waals surface area contributed by atoms with Crippen LogP contribution in [0.25, 0.3) is 16.5 Å². The minimum Gasteiger partial charge on any atom is -0.360 e. The van der Waals surface area contributed by atoms with Crippen molar-refractivity contribution in [3.05, 3.63) is 65.4 Å². The second-order valence-electron chi connectivity index (χ2n) is 6.58. The number of hydrogen-bond acceptors (Lipinski definition) is 1. The molecule has 0 radical (unpaired) electrons. The summed E-state index contributed by atoms with van der Waals surface area (Å²) in [4.78, 5) is 17.8. The van der Waals surface area contributed by atoms with Gasteiger partial charge in [0.05, 0.1) is 0 Å². The summed E-state index contributed by atoms with van der Waals surface area (Å²) < 4.78 is 15.2. The van der Waals surface area contributed by atoms with E-state index in [1.807, 2.05) is 48.0 Å². The molecule has 0 bridgehead atoms. The van der Waals surface area contributed by atoms with Crippen LogP contribution in [0.5, 0.6) is 0 Å². The quantitative estimate of drug-likeness (QED) is 0.757. The highest BCUT2D eigenvalue weighted by Gasteiger charge is 2.23. The van der Waals surface area contributed by atoms with E-state index in [2.05, 4.69) is 11.1 Å². The molecule has 1 aliphatic rings. The first-order chi connectivity index (χ1) is 12.0. The molecule has 4 nitrogen and oxygen atoms in total. The van der Waals surface area contributed by atoms with Crippen molar-refractivity contribution in [2.24, 2.45) is 7.05 Å². The molecule has 1 aromatic carbocycles. The van der Waals surface area contributed by atoms with Crippen LogP contribution < -0.4 is 0 Å². The highest BCUT2D eigenvalue weighted by molar-refractivity contribution is 5.96. The molecule has 25 heavy (non-hydrogen) atoms. The molecular formula is C20H20FN3O. The van der Waals surface area contributed by atoms with E-state index in [0.717, 1.165) is 34.1 Å². The highest BCUT2D eigenvalue weighted by atomic mass is 19.1. The number of aromatic amines is 1. The van der Waals surface area contributed by atoms with Crippen LogP contribution in [-0.4, -0.2) is 33.4 Å². The van der Waals surface area contributed by atoms with Crippen LogP contribution in [0.15, 0.2) is 42.7 Å². The van der Waals surface area contributed by atoms with Crippen molar-refractivity contribution < 1.29 is 9.18 Å². The molecular weight excluding hydrogens is 317 g/mol. The summed E-state index contributed by atoms with van der Waals surface area (Å²) in [7, 11) is 1.90. The molecule has 5 heteroatoms. The maximum atomic E-state index is 13.3. The normalized spacial score (nSPS) is 14.8. The lowest BCUT2D eigenvalue weighted by atomic mass is 9.98. The summed E-state index contributed by atoms with van der Waals surface area (Å²) in [6.07, 6.45) is 6.73. The Kier molecular flexibility index (Phi) is 3.71. The number of fused-ring (bicyclic) bond motifs is 1. The number of hydrogen-bond donors (Lipinski definition) is 1. The van der Waals surface area contributed by atoms with Crippen LogP contribution in [0.2, 0.25) is 0 Å². The second kappa shape index (κ2) is 5.92. The predicted octanol–water partition coefficient (Wildman–Crippen LogP) is 3.88. The van der Waals surface area contributed by atoms with Gasteiger partial charge in [-0.15, -0.1) is 0 Å². The molecule has 0 unspecified atom stereocenters. The van der Waals surface area contributed by atoms with Gasteiger partial charge in [-0.25, -0.2) is 4.39 Å². The van der Waals surface area contributed by atoms with Crippen LogP contribution in [-0.2, 0) is 7.05 Å². The monoisotopic (exact) mass is 337 g/mol. The maximum absolute atomic E-state index is 13.3. The van der Waals surface area contributed by atoms with E-state index in [0.29, 0.717) is 13.1 Å².